The van der Waals surface area contributed by atoms with E-state index in [2.05, 4.69) is 4.74 Å². The summed E-state index contributed by atoms with van der Waals surface area (Å²) >= 11 is 5.68. The third-order valence-corrected chi connectivity index (χ3v) is 2.97. The maximum Gasteiger partial charge on any atom is 0.451 e. The third-order valence-electron chi connectivity index (χ3n) is 2.72. The first-order valence-electron chi connectivity index (χ1n) is 6.26. The van der Waals surface area contributed by atoms with Gasteiger partial charge in [-0.25, -0.2) is 0 Å². The fourth-order valence-corrected chi connectivity index (χ4v) is 1.85. The smallest absolute Gasteiger partial charge is 0.451 e. The quantitative estimate of drug-likeness (QED) is 0.493. The van der Waals surface area contributed by atoms with Gasteiger partial charge >= 0.3 is 12.1 Å². The van der Waals surface area contributed by atoms with E-state index in [1.807, 2.05) is 0 Å². The molecule has 120 valence electrons. The number of halogens is 4. The van der Waals surface area contributed by atoms with E-state index in [0.29, 0.717) is 10.6 Å². The van der Waals surface area contributed by atoms with E-state index in [1.54, 1.807) is 0 Å². The molecular formula is C14H13ClF3NO3. The minimum atomic E-state index is -5.22. The van der Waals surface area contributed by atoms with Crippen molar-refractivity contribution in [2.75, 3.05) is 6.61 Å². The highest BCUT2D eigenvalue weighted by Gasteiger charge is 2.48. The van der Waals surface area contributed by atoms with Gasteiger partial charge in [-0.1, -0.05) is 23.7 Å². The highest BCUT2D eigenvalue weighted by molar-refractivity contribution is 6.30. The summed E-state index contributed by atoms with van der Waals surface area (Å²) in [6, 6.07) is 5.98. The molecular weight excluding hydrogens is 323 g/mol. The van der Waals surface area contributed by atoms with Crippen molar-refractivity contribution in [2.24, 2.45) is 5.92 Å². The molecule has 0 aliphatic rings. The molecule has 0 radical (unpaired) electrons. The Morgan fingerprint density at radius 2 is 1.82 bits per heavy atom. The number of alkyl halides is 3. The first-order chi connectivity index (χ1) is 10.2. The van der Waals surface area contributed by atoms with Gasteiger partial charge in [0.15, 0.2) is 5.92 Å². The second-order valence-electron chi connectivity index (χ2n) is 4.38. The van der Waals surface area contributed by atoms with Crippen LogP contribution in [0.2, 0.25) is 5.02 Å². The van der Waals surface area contributed by atoms with E-state index >= 15 is 0 Å². The number of Topliss-reactive ketones (excluding diaryl/α,β-unsaturated/α-hetero) is 1. The number of esters is 1. The normalized spacial score (nSPS) is 12.6. The molecule has 0 spiro atoms. The van der Waals surface area contributed by atoms with Gasteiger partial charge in [-0.2, -0.15) is 13.2 Å². The van der Waals surface area contributed by atoms with Gasteiger partial charge in [0.2, 0.25) is 0 Å². The minimum absolute atomic E-state index is 0.186. The molecule has 1 atom stereocenters. The Bertz CT molecular complexity index is 570. The monoisotopic (exact) mass is 335 g/mol. The van der Waals surface area contributed by atoms with Crippen LogP contribution in [0.5, 0.6) is 0 Å². The lowest BCUT2D eigenvalue weighted by molar-refractivity contribution is -0.177. The van der Waals surface area contributed by atoms with Crippen molar-refractivity contribution in [1.29, 1.82) is 5.41 Å². The SMILES string of the molecule is CCOC(=O)C(C(=N)Cc1ccc(Cl)cc1)C(=O)C(F)(F)F. The lowest BCUT2D eigenvalue weighted by Crippen LogP contribution is -2.41. The summed E-state index contributed by atoms with van der Waals surface area (Å²) in [6.07, 6.45) is -5.51. The molecule has 1 aromatic carbocycles. The second kappa shape index (κ2) is 7.40. The molecule has 0 heterocycles. The predicted octanol–water partition coefficient (Wildman–Crippen LogP) is 3.21. The molecule has 22 heavy (non-hydrogen) atoms. The zero-order valence-electron chi connectivity index (χ0n) is 11.5. The molecule has 0 fully saturated rings. The molecule has 4 nitrogen and oxygen atoms in total. The number of hydrogen-bond acceptors (Lipinski definition) is 4. The number of hydrogen-bond donors (Lipinski definition) is 1. The maximum atomic E-state index is 12.6. The van der Waals surface area contributed by atoms with Crippen molar-refractivity contribution in [2.45, 2.75) is 19.5 Å². The van der Waals surface area contributed by atoms with Crippen LogP contribution in [0.4, 0.5) is 13.2 Å². The van der Waals surface area contributed by atoms with Crippen LogP contribution in [0.3, 0.4) is 0 Å². The second-order valence-corrected chi connectivity index (χ2v) is 4.81. The average Bonchev–Trinajstić information content (AvgIpc) is 2.41. The van der Waals surface area contributed by atoms with E-state index in [4.69, 9.17) is 17.0 Å². The molecule has 0 saturated heterocycles. The number of benzene rings is 1. The molecule has 1 N–H and O–H groups in total. The molecule has 1 rings (SSSR count). The van der Waals surface area contributed by atoms with Crippen LogP contribution < -0.4 is 0 Å². The molecule has 0 aromatic heterocycles. The zero-order chi connectivity index (χ0) is 16.9. The number of carbonyl (C=O) groups excluding carboxylic acids is 2. The summed E-state index contributed by atoms with van der Waals surface area (Å²) in [4.78, 5) is 23.0. The standard InChI is InChI=1S/C14H13ClF3NO3/c1-2-22-13(21)11(12(20)14(16,17)18)10(19)7-8-3-5-9(15)6-4-8/h3-6,11,19H,2,7H2,1H3. The van der Waals surface area contributed by atoms with Crippen LogP contribution in [0.25, 0.3) is 0 Å². The van der Waals surface area contributed by atoms with Crippen LogP contribution in [0.15, 0.2) is 24.3 Å². The van der Waals surface area contributed by atoms with Gasteiger partial charge in [0.1, 0.15) is 0 Å². The van der Waals surface area contributed by atoms with E-state index in [0.717, 1.165) is 0 Å². The zero-order valence-corrected chi connectivity index (χ0v) is 12.3. The van der Waals surface area contributed by atoms with Crippen molar-refractivity contribution in [3.05, 3.63) is 34.9 Å². The van der Waals surface area contributed by atoms with Crippen LogP contribution in [0.1, 0.15) is 12.5 Å². The molecule has 0 amide bonds. The number of ether oxygens (including phenoxy) is 1. The summed E-state index contributed by atoms with van der Waals surface area (Å²) in [6.45, 7) is 1.21. The van der Waals surface area contributed by atoms with Gasteiger partial charge in [-0.05, 0) is 24.6 Å². The molecule has 8 heteroatoms. The highest BCUT2D eigenvalue weighted by Crippen LogP contribution is 2.24. The van der Waals surface area contributed by atoms with Crippen LogP contribution >= 0.6 is 11.6 Å². The largest absolute Gasteiger partial charge is 0.465 e. The van der Waals surface area contributed by atoms with Gasteiger partial charge in [0, 0.05) is 17.2 Å². The lowest BCUT2D eigenvalue weighted by Gasteiger charge is -2.17. The van der Waals surface area contributed by atoms with Crippen molar-refractivity contribution in [1.82, 2.24) is 0 Å². The number of nitrogens with one attached hydrogen (secondary N) is 1. The minimum Gasteiger partial charge on any atom is -0.465 e. The Morgan fingerprint density at radius 3 is 2.27 bits per heavy atom. The lowest BCUT2D eigenvalue weighted by atomic mass is 9.93. The van der Waals surface area contributed by atoms with Crippen molar-refractivity contribution in [3.63, 3.8) is 0 Å². The van der Waals surface area contributed by atoms with Crippen LogP contribution in [-0.4, -0.2) is 30.2 Å². The first-order valence-corrected chi connectivity index (χ1v) is 6.64. The Balaban J connectivity index is 2.99. The Kier molecular flexibility index (Phi) is 6.11. The van der Waals surface area contributed by atoms with Gasteiger partial charge in [0.25, 0.3) is 5.78 Å². The fraction of sp³-hybridized carbons (Fsp3) is 0.357. The topological polar surface area (TPSA) is 67.2 Å². The maximum absolute atomic E-state index is 12.6. The van der Waals surface area contributed by atoms with E-state index in [-0.39, 0.29) is 13.0 Å². The molecule has 0 aliphatic heterocycles. The van der Waals surface area contributed by atoms with Crippen LogP contribution in [-0.2, 0) is 20.7 Å². The van der Waals surface area contributed by atoms with Crippen molar-refractivity contribution >= 4 is 29.1 Å². The molecule has 0 bridgehead atoms. The van der Waals surface area contributed by atoms with Gasteiger partial charge in [-0.15, -0.1) is 0 Å². The van der Waals surface area contributed by atoms with Crippen molar-refractivity contribution in [3.8, 4) is 0 Å². The summed E-state index contributed by atoms with van der Waals surface area (Å²) < 4.78 is 42.2. The molecule has 0 aliphatic carbocycles. The fourth-order valence-electron chi connectivity index (χ4n) is 1.72. The number of ketones is 1. The van der Waals surface area contributed by atoms with E-state index in [1.165, 1.54) is 31.2 Å². The van der Waals surface area contributed by atoms with Crippen LogP contribution in [0, 0.1) is 11.3 Å². The third kappa shape index (κ3) is 4.84. The van der Waals surface area contributed by atoms with E-state index in [9.17, 15) is 22.8 Å². The Morgan fingerprint density at radius 1 is 1.27 bits per heavy atom. The first kappa shape index (κ1) is 18.2. The highest BCUT2D eigenvalue weighted by atomic mass is 35.5. The van der Waals surface area contributed by atoms with Gasteiger partial charge < -0.3 is 10.1 Å². The van der Waals surface area contributed by atoms with Gasteiger partial charge in [-0.3, -0.25) is 9.59 Å². The summed E-state index contributed by atoms with van der Waals surface area (Å²) in [7, 11) is 0. The van der Waals surface area contributed by atoms with Gasteiger partial charge in [0.05, 0.1) is 6.61 Å². The summed E-state index contributed by atoms with van der Waals surface area (Å²) in [5, 5.41) is 8.12. The number of carbonyl (C=O) groups is 2. The molecule has 1 unspecified atom stereocenters. The molecule has 1 aromatic rings. The number of rotatable bonds is 6. The summed E-state index contributed by atoms with van der Waals surface area (Å²) in [5.41, 5.74) is -0.221. The van der Waals surface area contributed by atoms with Crippen molar-refractivity contribution < 1.29 is 27.5 Å². The molecule has 0 saturated carbocycles. The Labute approximate surface area is 129 Å². The van der Waals surface area contributed by atoms with E-state index < -0.39 is 29.6 Å². The predicted molar refractivity (Wildman–Crippen MR) is 74.1 cm³/mol. The summed E-state index contributed by atoms with van der Waals surface area (Å²) in [5.74, 6) is -5.95. The average molecular weight is 336 g/mol. The Hall–Kier alpha value is -1.89.